The second-order valence-electron chi connectivity index (χ2n) is 6.73. The van der Waals surface area contributed by atoms with E-state index in [4.69, 9.17) is 15.6 Å². The maximum Gasteiger partial charge on any atom is 0.414 e. The molecule has 0 spiro atoms. The molecule has 30 heavy (non-hydrogen) atoms. The van der Waals surface area contributed by atoms with E-state index in [0.29, 0.717) is 23.1 Å². The molecule has 0 aliphatic carbocycles. The minimum atomic E-state index is -0.628. The Balaban J connectivity index is 1.42. The molecule has 3 N–H and O–H groups in total. The van der Waals surface area contributed by atoms with Crippen LogP contribution in [0.4, 0.5) is 25.7 Å². The van der Waals surface area contributed by atoms with Crippen LogP contribution in [0.15, 0.2) is 28.7 Å². The van der Waals surface area contributed by atoms with Crippen molar-refractivity contribution in [1.29, 1.82) is 0 Å². The number of rotatable bonds is 5. The van der Waals surface area contributed by atoms with Gasteiger partial charge in [-0.25, -0.2) is 19.2 Å². The lowest BCUT2D eigenvalue weighted by molar-refractivity contribution is -0.130. The molecule has 1 atom stereocenters. The number of aliphatic hydroxyl groups excluding tert-OH is 1. The summed E-state index contributed by atoms with van der Waals surface area (Å²) in [6.07, 6.45) is 0.228. The Bertz CT molecular complexity index is 999. The lowest BCUT2D eigenvalue weighted by Crippen LogP contribution is -2.41. The van der Waals surface area contributed by atoms with Gasteiger partial charge in [0.15, 0.2) is 5.13 Å². The van der Waals surface area contributed by atoms with Crippen LogP contribution in [0, 0.1) is 5.82 Å². The van der Waals surface area contributed by atoms with Crippen molar-refractivity contribution in [2.24, 2.45) is 5.10 Å². The minimum absolute atomic E-state index is 0.0921. The predicted molar refractivity (Wildman–Crippen MR) is 109 cm³/mol. The van der Waals surface area contributed by atoms with E-state index in [1.54, 1.807) is 16.3 Å². The van der Waals surface area contributed by atoms with Crippen molar-refractivity contribution in [1.82, 2.24) is 9.99 Å². The summed E-state index contributed by atoms with van der Waals surface area (Å²) < 4.78 is 19.7. The molecule has 10 nitrogen and oxygen atoms in total. The van der Waals surface area contributed by atoms with E-state index >= 15 is 0 Å². The van der Waals surface area contributed by atoms with Crippen molar-refractivity contribution in [3.05, 3.63) is 35.1 Å². The molecular weight excluding hydrogens is 415 g/mol. The third kappa shape index (κ3) is 4.04. The molecule has 2 aliphatic rings. The number of benzene rings is 1. The summed E-state index contributed by atoms with van der Waals surface area (Å²) >= 11 is 1.27. The first-order valence-electron chi connectivity index (χ1n) is 9.14. The second kappa shape index (κ2) is 8.24. The van der Waals surface area contributed by atoms with Gasteiger partial charge >= 0.3 is 6.09 Å². The molecule has 4 rings (SSSR count). The highest BCUT2D eigenvalue weighted by molar-refractivity contribution is 7.13. The molecule has 1 aromatic carbocycles. The van der Waals surface area contributed by atoms with Crippen LogP contribution in [0.25, 0.3) is 0 Å². The first-order valence-corrected chi connectivity index (χ1v) is 10.0. The molecule has 0 radical (unpaired) electrons. The number of halogens is 1. The van der Waals surface area contributed by atoms with Crippen LogP contribution in [-0.4, -0.2) is 65.8 Å². The molecule has 3 heterocycles. The topological polar surface area (TPSA) is 125 Å². The molecule has 2 aliphatic heterocycles. The number of amides is 2. The third-order valence-electron chi connectivity index (χ3n) is 4.70. The van der Waals surface area contributed by atoms with E-state index < -0.39 is 18.0 Å². The quantitative estimate of drug-likeness (QED) is 0.720. The molecule has 1 saturated heterocycles. The number of aliphatic hydroxyl groups is 1. The van der Waals surface area contributed by atoms with Gasteiger partial charge in [0.25, 0.3) is 0 Å². The van der Waals surface area contributed by atoms with Crippen molar-refractivity contribution in [3.63, 3.8) is 0 Å². The van der Waals surface area contributed by atoms with Gasteiger partial charge in [0.1, 0.15) is 18.3 Å². The fraction of sp³-hybridized carbons (Fsp3) is 0.333. The Morgan fingerprint density at radius 3 is 2.83 bits per heavy atom. The number of carbonyl (C=O) groups excluding carboxylic acids is 2. The van der Waals surface area contributed by atoms with E-state index in [2.05, 4.69) is 10.1 Å². The number of hydrogen-bond donors (Lipinski definition) is 2. The Morgan fingerprint density at radius 1 is 1.40 bits per heavy atom. The Morgan fingerprint density at radius 2 is 2.23 bits per heavy atom. The van der Waals surface area contributed by atoms with Gasteiger partial charge < -0.3 is 20.5 Å². The zero-order valence-electron chi connectivity index (χ0n) is 15.8. The van der Waals surface area contributed by atoms with Crippen LogP contribution in [0.2, 0.25) is 0 Å². The Hall–Kier alpha value is -3.25. The van der Waals surface area contributed by atoms with Gasteiger partial charge in [-0.3, -0.25) is 9.69 Å². The number of hydrogen-bond acceptors (Lipinski definition) is 9. The van der Waals surface area contributed by atoms with Gasteiger partial charge in [0, 0.05) is 11.9 Å². The zero-order chi connectivity index (χ0) is 21.3. The number of nitrogen functional groups attached to an aromatic ring is 1. The summed E-state index contributed by atoms with van der Waals surface area (Å²) in [5, 5.41) is 16.7. The van der Waals surface area contributed by atoms with Crippen LogP contribution in [0.3, 0.4) is 0 Å². The Kier molecular flexibility index (Phi) is 5.50. The summed E-state index contributed by atoms with van der Waals surface area (Å²) in [7, 11) is 0. The highest BCUT2D eigenvalue weighted by atomic mass is 32.1. The number of nitrogens with two attached hydrogens (primary N) is 1. The van der Waals surface area contributed by atoms with Gasteiger partial charge in [-0.15, -0.1) is 11.3 Å². The highest BCUT2D eigenvalue weighted by Gasteiger charge is 2.32. The third-order valence-corrected chi connectivity index (χ3v) is 5.43. The standard InChI is InChI=1S/C18H19FN6O4S/c19-14-6-12(24-7-13(8-26)29-18(24)28)1-2-15(14)23-3-4-25(21-10-23)16(27)5-11-9-30-17(20)22-11/h1-2,6,9-10,13,26H,3-5,7-8H2,(H2,20,22). The van der Waals surface area contributed by atoms with Crippen LogP contribution < -0.4 is 15.5 Å². The van der Waals surface area contributed by atoms with Crippen molar-refractivity contribution >= 4 is 46.2 Å². The number of nitrogens with zero attached hydrogens (tertiary/aromatic N) is 5. The van der Waals surface area contributed by atoms with E-state index in [0.717, 1.165) is 0 Å². The van der Waals surface area contributed by atoms with Crippen molar-refractivity contribution in [2.45, 2.75) is 12.5 Å². The number of ether oxygens (including phenoxy) is 1. The van der Waals surface area contributed by atoms with Crippen LogP contribution >= 0.6 is 11.3 Å². The van der Waals surface area contributed by atoms with Gasteiger partial charge in [-0.05, 0) is 18.2 Å². The number of thiazole rings is 1. The molecule has 1 unspecified atom stereocenters. The summed E-state index contributed by atoms with van der Waals surface area (Å²) in [5.74, 6) is -0.769. The molecule has 1 fully saturated rings. The molecule has 158 valence electrons. The van der Waals surface area contributed by atoms with Crippen molar-refractivity contribution in [3.8, 4) is 0 Å². The lowest BCUT2D eigenvalue weighted by Gasteiger charge is -2.29. The van der Waals surface area contributed by atoms with Crippen molar-refractivity contribution < 1.29 is 23.8 Å². The maximum atomic E-state index is 14.7. The monoisotopic (exact) mass is 434 g/mol. The predicted octanol–water partition coefficient (Wildman–Crippen LogP) is 1.02. The van der Waals surface area contributed by atoms with Gasteiger partial charge in [0.2, 0.25) is 5.91 Å². The molecule has 0 bridgehead atoms. The fourth-order valence-corrected chi connectivity index (χ4v) is 3.75. The first-order chi connectivity index (χ1) is 14.4. The second-order valence-corrected chi connectivity index (χ2v) is 7.62. The fourth-order valence-electron chi connectivity index (χ4n) is 3.19. The molecule has 0 saturated carbocycles. The average Bonchev–Trinajstić information content (AvgIpc) is 3.33. The van der Waals surface area contributed by atoms with E-state index in [1.165, 1.54) is 39.7 Å². The van der Waals surface area contributed by atoms with Crippen LogP contribution in [0.1, 0.15) is 5.69 Å². The maximum absolute atomic E-state index is 14.7. The van der Waals surface area contributed by atoms with E-state index in [9.17, 15) is 14.0 Å². The SMILES string of the molecule is Nc1nc(CC(=O)N2CCN(c3ccc(N4CC(CO)OC4=O)cc3F)C=N2)cs1. The number of anilines is 3. The highest BCUT2D eigenvalue weighted by Crippen LogP contribution is 2.28. The Labute approximate surface area is 175 Å². The largest absolute Gasteiger partial charge is 0.441 e. The van der Waals surface area contributed by atoms with Crippen molar-refractivity contribution in [2.75, 3.05) is 41.8 Å². The molecule has 12 heteroatoms. The smallest absolute Gasteiger partial charge is 0.414 e. The van der Waals surface area contributed by atoms with Crippen LogP contribution in [0.5, 0.6) is 0 Å². The number of hydrazone groups is 1. The summed E-state index contributed by atoms with van der Waals surface area (Å²) in [6, 6.07) is 4.36. The minimum Gasteiger partial charge on any atom is -0.441 e. The van der Waals surface area contributed by atoms with E-state index in [1.807, 2.05) is 0 Å². The average molecular weight is 434 g/mol. The van der Waals surface area contributed by atoms with E-state index in [-0.39, 0.29) is 37.7 Å². The summed E-state index contributed by atoms with van der Waals surface area (Å²) in [5.41, 5.74) is 6.77. The van der Waals surface area contributed by atoms with Crippen LogP contribution in [-0.2, 0) is 16.0 Å². The molecular formula is C18H19FN6O4S. The molecule has 1 aromatic heterocycles. The van der Waals surface area contributed by atoms with Gasteiger partial charge in [-0.1, -0.05) is 0 Å². The van der Waals surface area contributed by atoms with Gasteiger partial charge in [0.05, 0.1) is 43.2 Å². The van der Waals surface area contributed by atoms with Gasteiger partial charge in [-0.2, -0.15) is 5.10 Å². The molecule has 2 amide bonds. The normalized spacial score (nSPS) is 18.8. The first kappa shape index (κ1) is 20.0. The zero-order valence-corrected chi connectivity index (χ0v) is 16.6. The molecule has 2 aromatic rings. The number of carbonyl (C=O) groups is 2. The summed E-state index contributed by atoms with van der Waals surface area (Å²) in [6.45, 7) is 0.495. The summed E-state index contributed by atoms with van der Waals surface area (Å²) in [4.78, 5) is 31.1. The number of aromatic nitrogens is 1. The lowest BCUT2D eigenvalue weighted by atomic mass is 10.2. The number of cyclic esters (lactones) is 1.